The van der Waals surface area contributed by atoms with Crippen LogP contribution in [0.15, 0.2) is 0 Å². The van der Waals surface area contributed by atoms with E-state index in [4.69, 9.17) is 0 Å². The van der Waals surface area contributed by atoms with Gasteiger partial charge in [0, 0.05) is 12.6 Å². The topological polar surface area (TPSA) is 24.1 Å². The summed E-state index contributed by atoms with van der Waals surface area (Å²) in [7, 11) is 0. The van der Waals surface area contributed by atoms with Gasteiger partial charge in [-0.15, -0.1) is 0 Å². The summed E-state index contributed by atoms with van der Waals surface area (Å²) in [6.45, 7) is 2.09. The van der Waals surface area contributed by atoms with Crippen LogP contribution in [-0.2, 0) is 0 Å². The van der Waals surface area contributed by atoms with Crippen LogP contribution in [0.25, 0.3) is 0 Å². The summed E-state index contributed by atoms with van der Waals surface area (Å²) in [6.07, 6.45) is 0. The Hall–Kier alpha value is -0.220. The largest absolute Gasteiger partial charge is 0.310 e. The molecule has 1 fully saturated rings. The second-order valence-corrected chi connectivity index (χ2v) is 2.77. The number of rotatable bonds is 0. The van der Waals surface area contributed by atoms with Crippen LogP contribution in [-0.4, -0.2) is 31.6 Å². The molecule has 0 saturated carbocycles. The maximum Gasteiger partial charge on any atom is 0.272 e. The Morgan fingerprint density at radius 3 is 2.80 bits per heavy atom. The van der Waals surface area contributed by atoms with E-state index in [9.17, 15) is 8.78 Å². The van der Waals surface area contributed by atoms with Crippen molar-refractivity contribution in [3.05, 3.63) is 0 Å². The van der Waals surface area contributed by atoms with E-state index in [1.54, 1.807) is 0 Å². The second kappa shape index (κ2) is 2.80. The number of halogens is 2. The van der Waals surface area contributed by atoms with E-state index in [1.165, 1.54) is 0 Å². The molecule has 1 saturated heterocycles. The van der Waals surface area contributed by atoms with Gasteiger partial charge in [0.1, 0.15) is 0 Å². The molecule has 0 aromatic rings. The summed E-state index contributed by atoms with van der Waals surface area (Å²) in [5.74, 6) is -2.58. The zero-order valence-corrected chi connectivity index (χ0v) is 5.95. The van der Waals surface area contributed by atoms with Gasteiger partial charge in [0.25, 0.3) is 5.92 Å². The van der Waals surface area contributed by atoms with Crippen LogP contribution in [0.5, 0.6) is 0 Å². The number of hydrogen-bond donors (Lipinski definition) is 2. The molecular weight excluding hydrogens is 138 g/mol. The average molecular weight is 150 g/mol. The van der Waals surface area contributed by atoms with Crippen molar-refractivity contribution >= 4 is 0 Å². The van der Waals surface area contributed by atoms with Crippen molar-refractivity contribution in [2.24, 2.45) is 0 Å². The highest BCUT2D eigenvalue weighted by molar-refractivity contribution is 4.80. The first-order chi connectivity index (χ1) is 4.60. The molecule has 0 amide bonds. The van der Waals surface area contributed by atoms with Gasteiger partial charge in [-0.1, -0.05) is 0 Å². The summed E-state index contributed by atoms with van der Waals surface area (Å²) < 4.78 is 25.0. The van der Waals surface area contributed by atoms with Crippen LogP contribution < -0.4 is 10.6 Å². The molecule has 1 aliphatic rings. The fourth-order valence-corrected chi connectivity index (χ4v) is 0.930. The highest BCUT2D eigenvalue weighted by Crippen LogP contribution is 2.11. The molecule has 0 aromatic carbocycles. The van der Waals surface area contributed by atoms with Crippen LogP contribution in [0.3, 0.4) is 0 Å². The molecule has 0 aliphatic carbocycles. The summed E-state index contributed by atoms with van der Waals surface area (Å²) in [5.41, 5.74) is 0. The summed E-state index contributed by atoms with van der Waals surface area (Å²) >= 11 is 0. The first kappa shape index (κ1) is 7.88. The van der Waals surface area contributed by atoms with Crippen molar-refractivity contribution in [3.63, 3.8) is 0 Å². The maximum atomic E-state index is 12.5. The van der Waals surface area contributed by atoms with Gasteiger partial charge in [-0.05, 0) is 6.92 Å². The molecule has 0 radical (unpaired) electrons. The van der Waals surface area contributed by atoms with Gasteiger partial charge in [-0.3, -0.25) is 0 Å². The minimum Gasteiger partial charge on any atom is -0.310 e. The van der Waals surface area contributed by atoms with E-state index in [1.807, 2.05) is 6.92 Å². The lowest BCUT2D eigenvalue weighted by Gasteiger charge is -2.12. The lowest BCUT2D eigenvalue weighted by Crippen LogP contribution is -2.37. The quantitative estimate of drug-likeness (QED) is 0.515. The molecule has 4 heteroatoms. The fourth-order valence-electron chi connectivity index (χ4n) is 0.930. The smallest absolute Gasteiger partial charge is 0.272 e. The number of hydrogen-bond acceptors (Lipinski definition) is 2. The van der Waals surface area contributed by atoms with E-state index in [0.29, 0.717) is 6.54 Å². The molecule has 1 aliphatic heterocycles. The fraction of sp³-hybridized carbons (Fsp3) is 1.00. The molecule has 60 valence electrons. The summed E-state index contributed by atoms with van der Waals surface area (Å²) in [4.78, 5) is 0. The molecule has 1 rings (SSSR count). The Balaban J connectivity index is 2.41. The molecule has 1 atom stereocenters. The SMILES string of the molecule is CC1CNCC(F)(F)CN1. The van der Waals surface area contributed by atoms with E-state index in [0.717, 1.165) is 0 Å². The van der Waals surface area contributed by atoms with E-state index in [2.05, 4.69) is 10.6 Å². The van der Waals surface area contributed by atoms with Crippen LogP contribution in [0.2, 0.25) is 0 Å². The van der Waals surface area contributed by atoms with Gasteiger partial charge in [0.2, 0.25) is 0 Å². The molecule has 0 spiro atoms. The normalized spacial score (nSPS) is 33.3. The van der Waals surface area contributed by atoms with Crippen LogP contribution >= 0.6 is 0 Å². The van der Waals surface area contributed by atoms with Crippen molar-refractivity contribution in [2.45, 2.75) is 18.9 Å². The molecule has 0 aromatic heterocycles. The van der Waals surface area contributed by atoms with Crippen molar-refractivity contribution < 1.29 is 8.78 Å². The van der Waals surface area contributed by atoms with Crippen LogP contribution in [0, 0.1) is 0 Å². The monoisotopic (exact) mass is 150 g/mol. The molecule has 1 unspecified atom stereocenters. The molecule has 1 heterocycles. The maximum absolute atomic E-state index is 12.5. The average Bonchev–Trinajstić information content (AvgIpc) is 1.94. The van der Waals surface area contributed by atoms with Crippen molar-refractivity contribution in [2.75, 3.05) is 19.6 Å². The van der Waals surface area contributed by atoms with E-state index < -0.39 is 5.92 Å². The molecular formula is C6H12F2N2. The molecule has 2 nitrogen and oxygen atoms in total. The summed E-state index contributed by atoms with van der Waals surface area (Å²) in [5, 5.41) is 5.40. The highest BCUT2D eigenvalue weighted by Gasteiger charge is 2.30. The van der Waals surface area contributed by atoms with Gasteiger partial charge >= 0.3 is 0 Å². The zero-order chi connectivity index (χ0) is 7.61. The van der Waals surface area contributed by atoms with E-state index in [-0.39, 0.29) is 19.1 Å². The minimum atomic E-state index is -2.58. The predicted octanol–water partition coefficient (Wildman–Crippen LogP) is 0.203. The Kier molecular flexibility index (Phi) is 2.21. The van der Waals surface area contributed by atoms with Crippen molar-refractivity contribution in [1.82, 2.24) is 10.6 Å². The number of alkyl halides is 2. The predicted molar refractivity (Wildman–Crippen MR) is 35.3 cm³/mol. The Morgan fingerprint density at radius 1 is 1.40 bits per heavy atom. The van der Waals surface area contributed by atoms with Crippen molar-refractivity contribution in [3.8, 4) is 0 Å². The minimum absolute atomic E-state index is 0.147. The molecule has 2 N–H and O–H groups in total. The third-order valence-electron chi connectivity index (χ3n) is 1.54. The van der Waals surface area contributed by atoms with Crippen LogP contribution in [0.1, 0.15) is 6.92 Å². The van der Waals surface area contributed by atoms with Crippen LogP contribution in [0.4, 0.5) is 8.78 Å². The Labute approximate surface area is 59.0 Å². The highest BCUT2D eigenvalue weighted by atomic mass is 19.3. The van der Waals surface area contributed by atoms with Gasteiger partial charge in [-0.25, -0.2) is 8.78 Å². The Bertz CT molecular complexity index is 116. The lowest BCUT2D eigenvalue weighted by molar-refractivity contribution is 0.00971. The first-order valence-corrected chi connectivity index (χ1v) is 3.42. The summed E-state index contributed by atoms with van der Waals surface area (Å²) in [6, 6.07) is 0.147. The standard InChI is InChI=1S/C6H12F2N2/c1-5-2-9-3-6(7,8)4-10-5/h5,9-10H,2-4H2,1H3. The van der Waals surface area contributed by atoms with Gasteiger partial charge < -0.3 is 10.6 Å². The number of nitrogens with one attached hydrogen (secondary N) is 2. The molecule has 0 bridgehead atoms. The van der Waals surface area contributed by atoms with Gasteiger partial charge in [0.05, 0.1) is 13.1 Å². The third kappa shape index (κ3) is 2.19. The third-order valence-corrected chi connectivity index (χ3v) is 1.54. The van der Waals surface area contributed by atoms with Gasteiger partial charge in [0.15, 0.2) is 0 Å². The lowest BCUT2D eigenvalue weighted by atomic mass is 10.3. The molecule has 10 heavy (non-hydrogen) atoms. The Morgan fingerprint density at radius 2 is 2.10 bits per heavy atom. The van der Waals surface area contributed by atoms with E-state index >= 15 is 0 Å². The second-order valence-electron chi connectivity index (χ2n) is 2.77. The first-order valence-electron chi connectivity index (χ1n) is 3.42. The van der Waals surface area contributed by atoms with Crippen molar-refractivity contribution in [1.29, 1.82) is 0 Å². The van der Waals surface area contributed by atoms with Gasteiger partial charge in [-0.2, -0.15) is 0 Å². The zero-order valence-electron chi connectivity index (χ0n) is 5.95.